The van der Waals surface area contributed by atoms with Crippen molar-refractivity contribution in [1.82, 2.24) is 10.1 Å². The third kappa shape index (κ3) is 2.02. The fourth-order valence-corrected chi connectivity index (χ4v) is 4.48. The maximum Gasteiger partial charge on any atom is 0.223 e. The van der Waals surface area contributed by atoms with Crippen LogP contribution in [-0.4, -0.2) is 28.6 Å². The minimum absolute atomic E-state index is 0.337. The molecule has 21 heavy (non-hydrogen) atoms. The van der Waals surface area contributed by atoms with Gasteiger partial charge in [-0.3, -0.25) is 4.79 Å². The first-order valence-electron chi connectivity index (χ1n) is 8.32. The maximum absolute atomic E-state index is 12.6. The number of carbonyl (C=O) groups excluding carboxylic acids is 1. The molecule has 3 aliphatic rings. The van der Waals surface area contributed by atoms with Gasteiger partial charge in [-0.1, -0.05) is 11.6 Å². The van der Waals surface area contributed by atoms with Crippen molar-refractivity contribution in [3.05, 3.63) is 17.0 Å². The molecule has 1 amide bonds. The van der Waals surface area contributed by atoms with Crippen LogP contribution in [0.4, 0.5) is 0 Å². The average Bonchev–Trinajstić information content (AvgIpc) is 3.12. The molecule has 1 saturated heterocycles. The lowest BCUT2D eigenvalue weighted by Gasteiger charge is -2.63. The molecule has 1 spiro atoms. The van der Waals surface area contributed by atoms with Gasteiger partial charge in [0.05, 0.1) is 5.69 Å². The van der Waals surface area contributed by atoms with Crippen LogP contribution in [0.5, 0.6) is 0 Å². The lowest BCUT2D eigenvalue weighted by Crippen LogP contribution is -2.69. The molecule has 1 aromatic rings. The van der Waals surface area contributed by atoms with Crippen LogP contribution in [0.3, 0.4) is 0 Å². The molecule has 0 aromatic carbocycles. The van der Waals surface area contributed by atoms with Crippen LogP contribution in [-0.2, 0) is 11.2 Å². The normalized spacial score (nSPS) is 26.6. The molecule has 0 N–H and O–H groups in total. The summed E-state index contributed by atoms with van der Waals surface area (Å²) < 4.78 is 5.18. The minimum atomic E-state index is 0.337. The number of amides is 1. The van der Waals surface area contributed by atoms with E-state index in [2.05, 4.69) is 10.1 Å². The van der Waals surface area contributed by atoms with E-state index in [1.165, 1.54) is 32.1 Å². The van der Waals surface area contributed by atoms with Crippen molar-refractivity contribution < 1.29 is 9.32 Å². The summed E-state index contributed by atoms with van der Waals surface area (Å²) in [5.74, 6) is 2.00. The monoisotopic (exact) mass is 288 g/mol. The van der Waals surface area contributed by atoms with Gasteiger partial charge in [-0.05, 0) is 51.9 Å². The van der Waals surface area contributed by atoms with Gasteiger partial charge in [-0.25, -0.2) is 0 Å². The van der Waals surface area contributed by atoms with Gasteiger partial charge in [0.2, 0.25) is 5.91 Å². The number of likely N-dealkylation sites (tertiary alicyclic amines) is 1. The standard InChI is InChI=1S/C17H24N2O2/c1-11-14(12(2)21-18-11)6-7-15(20)19-10-17(8-3-9-17)16(19)13-4-5-13/h13,16H,3-10H2,1-2H3. The zero-order valence-electron chi connectivity index (χ0n) is 13.0. The second-order valence-corrected chi connectivity index (χ2v) is 7.32. The van der Waals surface area contributed by atoms with Crippen LogP contribution in [0, 0.1) is 25.2 Å². The predicted molar refractivity (Wildman–Crippen MR) is 78.8 cm³/mol. The van der Waals surface area contributed by atoms with E-state index in [1.54, 1.807) is 0 Å². The van der Waals surface area contributed by atoms with Crippen LogP contribution in [0.1, 0.15) is 55.5 Å². The van der Waals surface area contributed by atoms with Crippen molar-refractivity contribution in [3.63, 3.8) is 0 Å². The number of hydrogen-bond acceptors (Lipinski definition) is 3. The molecular weight excluding hydrogens is 264 g/mol. The van der Waals surface area contributed by atoms with E-state index in [0.717, 1.165) is 35.9 Å². The van der Waals surface area contributed by atoms with E-state index in [1.807, 2.05) is 13.8 Å². The topological polar surface area (TPSA) is 46.3 Å². The highest BCUT2D eigenvalue weighted by molar-refractivity contribution is 5.78. The zero-order valence-corrected chi connectivity index (χ0v) is 13.0. The van der Waals surface area contributed by atoms with Crippen LogP contribution in [0.2, 0.25) is 0 Å². The highest BCUT2D eigenvalue weighted by atomic mass is 16.5. The van der Waals surface area contributed by atoms with Gasteiger partial charge in [0, 0.05) is 30.0 Å². The summed E-state index contributed by atoms with van der Waals surface area (Å²) in [5, 5.41) is 3.97. The molecule has 4 rings (SSSR count). The SMILES string of the molecule is Cc1noc(C)c1CCC(=O)N1CC2(CCC2)C1C1CC1. The predicted octanol–water partition coefficient (Wildman–Crippen LogP) is 3.02. The first kappa shape index (κ1) is 13.4. The van der Waals surface area contributed by atoms with E-state index < -0.39 is 0 Å². The summed E-state index contributed by atoms with van der Waals surface area (Å²) >= 11 is 0. The molecule has 0 bridgehead atoms. The van der Waals surface area contributed by atoms with Crippen LogP contribution in [0.25, 0.3) is 0 Å². The number of carbonyl (C=O) groups is 1. The Labute approximate surface area is 125 Å². The number of rotatable bonds is 4. The molecule has 1 aliphatic heterocycles. The van der Waals surface area contributed by atoms with Gasteiger partial charge in [-0.15, -0.1) is 0 Å². The first-order chi connectivity index (χ1) is 10.1. The Hall–Kier alpha value is -1.32. The third-order valence-electron chi connectivity index (χ3n) is 5.96. The van der Waals surface area contributed by atoms with E-state index in [4.69, 9.17) is 4.52 Å². The number of hydrogen-bond donors (Lipinski definition) is 0. The number of aryl methyl sites for hydroxylation is 2. The van der Waals surface area contributed by atoms with Gasteiger partial charge in [0.15, 0.2) is 0 Å². The van der Waals surface area contributed by atoms with E-state index >= 15 is 0 Å². The molecule has 1 atom stereocenters. The summed E-state index contributed by atoms with van der Waals surface area (Å²) in [7, 11) is 0. The summed E-state index contributed by atoms with van der Waals surface area (Å²) in [5.41, 5.74) is 2.57. The fraction of sp³-hybridized carbons (Fsp3) is 0.765. The Morgan fingerprint density at radius 1 is 1.38 bits per heavy atom. The van der Waals surface area contributed by atoms with Crippen LogP contribution < -0.4 is 0 Å². The van der Waals surface area contributed by atoms with E-state index in [-0.39, 0.29) is 0 Å². The summed E-state index contributed by atoms with van der Waals surface area (Å²) in [6, 6.07) is 0.573. The Bertz CT molecular complexity index is 550. The minimum Gasteiger partial charge on any atom is -0.361 e. The molecule has 1 unspecified atom stereocenters. The van der Waals surface area contributed by atoms with Crippen molar-refractivity contribution in [2.45, 2.75) is 64.8 Å². The highest BCUT2D eigenvalue weighted by Gasteiger charge is 2.61. The van der Waals surface area contributed by atoms with Crippen LogP contribution in [0.15, 0.2) is 4.52 Å². The Morgan fingerprint density at radius 3 is 2.67 bits per heavy atom. The number of nitrogens with zero attached hydrogens (tertiary/aromatic N) is 2. The highest BCUT2D eigenvalue weighted by Crippen LogP contribution is 2.59. The summed E-state index contributed by atoms with van der Waals surface area (Å²) in [6.45, 7) is 4.91. The van der Waals surface area contributed by atoms with Gasteiger partial charge in [-0.2, -0.15) is 0 Å². The van der Waals surface area contributed by atoms with Crippen molar-refractivity contribution in [2.75, 3.05) is 6.54 Å². The molecule has 2 aliphatic carbocycles. The molecular formula is C17H24N2O2. The molecule has 4 nitrogen and oxygen atoms in total. The molecule has 3 fully saturated rings. The van der Waals surface area contributed by atoms with Gasteiger partial charge < -0.3 is 9.42 Å². The number of aromatic nitrogens is 1. The Kier molecular flexibility index (Phi) is 2.92. The maximum atomic E-state index is 12.6. The van der Waals surface area contributed by atoms with Gasteiger partial charge in [0.25, 0.3) is 0 Å². The van der Waals surface area contributed by atoms with Crippen molar-refractivity contribution >= 4 is 5.91 Å². The van der Waals surface area contributed by atoms with Crippen molar-refractivity contribution in [1.29, 1.82) is 0 Å². The lowest BCUT2D eigenvalue weighted by atomic mass is 9.56. The van der Waals surface area contributed by atoms with Crippen molar-refractivity contribution in [2.24, 2.45) is 11.3 Å². The molecule has 2 heterocycles. The molecule has 114 valence electrons. The van der Waals surface area contributed by atoms with E-state index in [0.29, 0.717) is 23.8 Å². The Morgan fingerprint density at radius 2 is 2.14 bits per heavy atom. The summed E-state index contributed by atoms with van der Waals surface area (Å²) in [6.07, 6.45) is 8.09. The molecule has 0 radical (unpaired) electrons. The molecule has 4 heteroatoms. The lowest BCUT2D eigenvalue weighted by molar-refractivity contribution is -0.171. The molecule has 2 saturated carbocycles. The average molecular weight is 288 g/mol. The second kappa shape index (κ2) is 4.59. The van der Waals surface area contributed by atoms with Crippen molar-refractivity contribution in [3.8, 4) is 0 Å². The quantitative estimate of drug-likeness (QED) is 0.855. The van der Waals surface area contributed by atoms with Gasteiger partial charge >= 0.3 is 0 Å². The first-order valence-corrected chi connectivity index (χ1v) is 8.32. The summed E-state index contributed by atoms with van der Waals surface area (Å²) in [4.78, 5) is 14.8. The zero-order chi connectivity index (χ0) is 14.6. The Balaban J connectivity index is 1.39. The second-order valence-electron chi connectivity index (χ2n) is 7.32. The fourth-order valence-electron chi connectivity index (χ4n) is 4.48. The smallest absolute Gasteiger partial charge is 0.223 e. The van der Waals surface area contributed by atoms with E-state index in [9.17, 15) is 4.79 Å². The largest absolute Gasteiger partial charge is 0.361 e. The third-order valence-corrected chi connectivity index (χ3v) is 5.96. The van der Waals surface area contributed by atoms with Crippen LogP contribution >= 0.6 is 0 Å². The van der Waals surface area contributed by atoms with Gasteiger partial charge in [0.1, 0.15) is 5.76 Å². The molecule has 1 aromatic heterocycles.